The van der Waals surface area contributed by atoms with Crippen LogP contribution in [0.25, 0.3) is 0 Å². The summed E-state index contributed by atoms with van der Waals surface area (Å²) in [6.45, 7) is 0. The quantitative estimate of drug-likeness (QED) is 0.769. The van der Waals surface area contributed by atoms with Crippen LogP contribution in [-0.2, 0) is 4.79 Å². The van der Waals surface area contributed by atoms with Crippen LogP contribution in [0, 0.1) is 11.7 Å². The van der Waals surface area contributed by atoms with Gasteiger partial charge in [-0.25, -0.2) is 9.38 Å². The molecule has 1 saturated carbocycles. The van der Waals surface area contributed by atoms with Gasteiger partial charge in [-0.1, -0.05) is 11.6 Å². The second-order valence-corrected chi connectivity index (χ2v) is 4.88. The highest BCUT2D eigenvalue weighted by Gasteiger charge is 2.33. The van der Waals surface area contributed by atoms with Crippen molar-refractivity contribution in [2.24, 2.45) is 15.9 Å². The number of carbonyl (C=O) groups excluding carboxylic acids is 1. The third kappa shape index (κ3) is 1.86. The van der Waals surface area contributed by atoms with E-state index >= 15 is 0 Å². The van der Waals surface area contributed by atoms with Gasteiger partial charge in [-0.2, -0.15) is 4.99 Å². The summed E-state index contributed by atoms with van der Waals surface area (Å²) in [5, 5.41) is 0.398. The van der Waals surface area contributed by atoms with Gasteiger partial charge < -0.3 is 0 Å². The number of amides is 1. The summed E-state index contributed by atoms with van der Waals surface area (Å²) >= 11 is 5.83. The van der Waals surface area contributed by atoms with E-state index in [9.17, 15) is 9.18 Å². The first-order valence-corrected chi connectivity index (χ1v) is 6.18. The van der Waals surface area contributed by atoms with E-state index in [1.165, 1.54) is 18.2 Å². The Kier molecular flexibility index (Phi) is 2.74. The number of rotatable bonds is 1. The van der Waals surface area contributed by atoms with E-state index in [2.05, 4.69) is 9.98 Å². The van der Waals surface area contributed by atoms with Crippen molar-refractivity contribution in [2.75, 3.05) is 0 Å². The van der Waals surface area contributed by atoms with Crippen LogP contribution in [0.2, 0.25) is 5.02 Å². The van der Waals surface area contributed by atoms with Crippen molar-refractivity contribution in [1.29, 1.82) is 0 Å². The van der Waals surface area contributed by atoms with Crippen LogP contribution in [0.1, 0.15) is 24.8 Å². The molecule has 1 aliphatic carbocycles. The Morgan fingerprint density at radius 3 is 3.00 bits per heavy atom. The molecule has 2 aliphatic rings. The molecule has 1 aromatic carbocycles. The molecule has 0 radical (unpaired) electrons. The van der Waals surface area contributed by atoms with Crippen molar-refractivity contribution in [3.63, 3.8) is 0 Å². The lowest BCUT2D eigenvalue weighted by atomic mass is 10.0. The Balaban J connectivity index is 2.07. The van der Waals surface area contributed by atoms with Crippen LogP contribution in [0.5, 0.6) is 0 Å². The number of hydrogen-bond acceptors (Lipinski definition) is 2. The lowest BCUT2D eigenvalue weighted by Crippen LogP contribution is -2.24. The molecule has 3 rings (SSSR count). The summed E-state index contributed by atoms with van der Waals surface area (Å²) in [4.78, 5) is 20.0. The maximum absolute atomic E-state index is 13.7. The zero-order valence-corrected chi connectivity index (χ0v) is 10.2. The van der Waals surface area contributed by atoms with Crippen LogP contribution in [0.4, 0.5) is 4.39 Å². The monoisotopic (exact) mass is 264 g/mol. The van der Waals surface area contributed by atoms with Gasteiger partial charge in [0.25, 0.3) is 5.91 Å². The highest BCUT2D eigenvalue weighted by atomic mass is 35.5. The zero-order chi connectivity index (χ0) is 12.7. The summed E-state index contributed by atoms with van der Waals surface area (Å²) in [5.41, 5.74) is 1.01. The maximum Gasteiger partial charge on any atom is 0.256 e. The largest absolute Gasteiger partial charge is 0.272 e. The van der Waals surface area contributed by atoms with Gasteiger partial charge in [-0.15, -0.1) is 0 Å². The predicted molar refractivity (Wildman–Crippen MR) is 67.7 cm³/mol. The fourth-order valence-electron chi connectivity index (χ4n) is 2.36. The molecule has 0 spiro atoms. The van der Waals surface area contributed by atoms with Crippen molar-refractivity contribution in [1.82, 2.24) is 0 Å². The molecule has 5 heteroatoms. The average molecular weight is 265 g/mol. The normalized spacial score (nSPS) is 22.6. The van der Waals surface area contributed by atoms with Crippen molar-refractivity contribution in [3.8, 4) is 0 Å². The first-order valence-electron chi connectivity index (χ1n) is 5.80. The van der Waals surface area contributed by atoms with E-state index in [1.807, 2.05) is 0 Å². The maximum atomic E-state index is 13.7. The minimum Gasteiger partial charge on any atom is -0.272 e. The molecule has 1 atom stereocenters. The third-order valence-corrected chi connectivity index (χ3v) is 3.50. The molecule has 1 amide bonds. The number of aliphatic imine (C=N–C) groups is 2. The van der Waals surface area contributed by atoms with Gasteiger partial charge in [0, 0.05) is 10.7 Å². The predicted octanol–water partition coefficient (Wildman–Crippen LogP) is 3.01. The Morgan fingerprint density at radius 1 is 1.33 bits per heavy atom. The topological polar surface area (TPSA) is 41.8 Å². The summed E-state index contributed by atoms with van der Waals surface area (Å²) < 4.78 is 13.7. The van der Waals surface area contributed by atoms with Crippen molar-refractivity contribution in [3.05, 3.63) is 34.6 Å². The van der Waals surface area contributed by atoms with Crippen LogP contribution >= 0.6 is 11.6 Å². The van der Waals surface area contributed by atoms with Gasteiger partial charge in [0.15, 0.2) is 5.84 Å². The summed E-state index contributed by atoms with van der Waals surface area (Å²) in [6, 6.07) is 4.16. The molecule has 1 unspecified atom stereocenters. The van der Waals surface area contributed by atoms with Gasteiger partial charge in [0.05, 0.1) is 11.5 Å². The molecule has 18 heavy (non-hydrogen) atoms. The standard InChI is InChI=1S/C13H10ClFN2O/c14-7-4-5-10(15)9(6-7)12-16-11-3-1-2-8(11)13(18)17-12/h4-6,8H,1-3H2. The number of halogens is 2. The van der Waals surface area contributed by atoms with E-state index in [0.717, 1.165) is 25.0 Å². The van der Waals surface area contributed by atoms with Crippen LogP contribution < -0.4 is 0 Å². The number of nitrogens with zero attached hydrogens (tertiary/aromatic N) is 2. The van der Waals surface area contributed by atoms with Gasteiger partial charge >= 0.3 is 0 Å². The van der Waals surface area contributed by atoms with Crippen LogP contribution in [0.3, 0.4) is 0 Å². The number of fused-ring (bicyclic) bond motifs is 1. The molecular weight excluding hydrogens is 255 g/mol. The average Bonchev–Trinajstić information content (AvgIpc) is 2.81. The molecule has 3 nitrogen and oxygen atoms in total. The molecule has 0 aromatic heterocycles. The van der Waals surface area contributed by atoms with E-state index in [4.69, 9.17) is 11.6 Å². The van der Waals surface area contributed by atoms with Gasteiger partial charge in [-0.05, 0) is 37.5 Å². The molecule has 1 aliphatic heterocycles. The SMILES string of the molecule is O=C1N=C(c2cc(Cl)ccc2F)N=C2CCCC12. The molecule has 1 fully saturated rings. The van der Waals surface area contributed by atoms with E-state index < -0.39 is 5.82 Å². The molecule has 0 saturated heterocycles. The molecular formula is C13H10ClFN2O. The van der Waals surface area contributed by atoms with Gasteiger partial charge in [-0.3, -0.25) is 4.79 Å². The van der Waals surface area contributed by atoms with E-state index in [-0.39, 0.29) is 23.2 Å². The smallest absolute Gasteiger partial charge is 0.256 e. The minimum atomic E-state index is -0.466. The van der Waals surface area contributed by atoms with Crippen LogP contribution in [-0.4, -0.2) is 17.5 Å². The highest BCUT2D eigenvalue weighted by molar-refractivity contribution is 6.31. The number of hydrogen-bond donors (Lipinski definition) is 0. The first kappa shape index (κ1) is 11.5. The fourth-order valence-corrected chi connectivity index (χ4v) is 2.53. The van der Waals surface area contributed by atoms with E-state index in [0.29, 0.717) is 5.02 Å². The van der Waals surface area contributed by atoms with Gasteiger partial charge in [0.1, 0.15) is 5.82 Å². The zero-order valence-electron chi connectivity index (χ0n) is 9.49. The van der Waals surface area contributed by atoms with Crippen molar-refractivity contribution in [2.45, 2.75) is 19.3 Å². The first-order chi connectivity index (χ1) is 8.65. The Morgan fingerprint density at radius 2 is 2.17 bits per heavy atom. The molecule has 0 N–H and O–H groups in total. The number of benzene rings is 1. The second-order valence-electron chi connectivity index (χ2n) is 4.45. The third-order valence-electron chi connectivity index (χ3n) is 3.26. The van der Waals surface area contributed by atoms with Crippen molar-refractivity contribution < 1.29 is 9.18 Å². The van der Waals surface area contributed by atoms with E-state index in [1.54, 1.807) is 0 Å². The molecule has 1 heterocycles. The lowest BCUT2D eigenvalue weighted by Gasteiger charge is -2.14. The summed E-state index contributed by atoms with van der Waals surface area (Å²) in [5.74, 6) is -0.720. The molecule has 1 aromatic rings. The van der Waals surface area contributed by atoms with Crippen molar-refractivity contribution >= 4 is 29.1 Å². The Hall–Kier alpha value is -1.55. The summed E-state index contributed by atoms with van der Waals surface area (Å²) in [7, 11) is 0. The van der Waals surface area contributed by atoms with Crippen LogP contribution in [0.15, 0.2) is 28.2 Å². The number of amidine groups is 1. The lowest BCUT2D eigenvalue weighted by molar-refractivity contribution is -0.119. The molecule has 0 bridgehead atoms. The Bertz CT molecular complexity index is 595. The number of carbonyl (C=O) groups is 1. The highest BCUT2D eigenvalue weighted by Crippen LogP contribution is 2.28. The second kappa shape index (κ2) is 4.28. The Labute approximate surface area is 108 Å². The minimum absolute atomic E-state index is 0.146. The van der Waals surface area contributed by atoms with Gasteiger partial charge in [0.2, 0.25) is 0 Å². The summed E-state index contributed by atoms with van der Waals surface area (Å²) in [6.07, 6.45) is 2.53. The molecule has 92 valence electrons. The fraction of sp³-hybridized carbons (Fsp3) is 0.308.